The number of halogens is 2. The van der Waals surface area contributed by atoms with E-state index in [1.807, 2.05) is 0 Å². The van der Waals surface area contributed by atoms with Crippen LogP contribution >= 0.6 is 11.6 Å². The van der Waals surface area contributed by atoms with Crippen molar-refractivity contribution in [3.05, 3.63) is 58.9 Å². The van der Waals surface area contributed by atoms with Crippen LogP contribution in [0.5, 0.6) is 5.75 Å². The third-order valence-electron chi connectivity index (χ3n) is 3.13. The van der Waals surface area contributed by atoms with Crippen LogP contribution < -0.4 is 15.4 Å². The predicted molar refractivity (Wildman–Crippen MR) is 86.4 cm³/mol. The lowest BCUT2D eigenvalue weighted by Crippen LogP contribution is -2.32. The van der Waals surface area contributed by atoms with Crippen LogP contribution in [0.2, 0.25) is 5.02 Å². The number of anilines is 1. The first kappa shape index (κ1) is 17.1. The zero-order valence-electron chi connectivity index (χ0n) is 12.3. The molecule has 0 heterocycles. The quantitative estimate of drug-likeness (QED) is 0.783. The van der Waals surface area contributed by atoms with Crippen LogP contribution in [0.15, 0.2) is 42.5 Å². The highest BCUT2D eigenvalue weighted by Gasteiger charge is 2.14. The summed E-state index contributed by atoms with van der Waals surface area (Å²) in [7, 11) is 1.50. The minimum absolute atomic E-state index is 0.0128. The second-order valence-corrected chi connectivity index (χ2v) is 5.13. The highest BCUT2D eigenvalue weighted by Crippen LogP contribution is 2.24. The summed E-state index contributed by atoms with van der Waals surface area (Å²) in [5, 5.41) is 15.1. The van der Waals surface area contributed by atoms with Crippen molar-refractivity contribution in [3.8, 4) is 5.75 Å². The normalized spacial score (nSPS) is 11.7. The van der Waals surface area contributed by atoms with Gasteiger partial charge in [-0.3, -0.25) is 0 Å². The molecule has 5 nitrogen and oxygen atoms in total. The highest BCUT2D eigenvalue weighted by molar-refractivity contribution is 6.31. The number of rotatable bonds is 5. The van der Waals surface area contributed by atoms with Crippen molar-refractivity contribution >= 4 is 23.3 Å². The molecule has 122 valence electrons. The van der Waals surface area contributed by atoms with Gasteiger partial charge in [-0.25, -0.2) is 9.18 Å². The van der Waals surface area contributed by atoms with Gasteiger partial charge in [-0.1, -0.05) is 29.8 Å². The number of aliphatic hydroxyl groups excluding tert-OH is 1. The standard InChI is InChI=1S/C16H16ClFN2O3/c1-23-15-5-3-2-4-11(15)14(21)9-19-16(22)20-10-6-7-13(18)12(17)8-10/h2-8,14,21H,9H2,1H3,(H2,19,20,22)/t14-/m1/s1. The average molecular weight is 339 g/mol. The Morgan fingerprint density at radius 1 is 1.35 bits per heavy atom. The number of carbonyl (C=O) groups excluding carboxylic acids is 1. The van der Waals surface area contributed by atoms with Gasteiger partial charge in [0, 0.05) is 17.8 Å². The second kappa shape index (κ2) is 7.80. The van der Waals surface area contributed by atoms with Gasteiger partial charge in [0.25, 0.3) is 0 Å². The summed E-state index contributed by atoms with van der Waals surface area (Å²) in [5.41, 5.74) is 0.917. The van der Waals surface area contributed by atoms with E-state index < -0.39 is 18.0 Å². The van der Waals surface area contributed by atoms with Crippen molar-refractivity contribution in [2.45, 2.75) is 6.10 Å². The number of amides is 2. The van der Waals surface area contributed by atoms with Crippen molar-refractivity contribution in [2.24, 2.45) is 0 Å². The Bertz CT molecular complexity index is 697. The number of urea groups is 1. The molecule has 0 spiro atoms. The van der Waals surface area contributed by atoms with E-state index in [1.165, 1.54) is 19.2 Å². The van der Waals surface area contributed by atoms with Gasteiger partial charge in [0.05, 0.1) is 18.2 Å². The Kier molecular flexibility index (Phi) is 5.78. The van der Waals surface area contributed by atoms with Gasteiger partial charge >= 0.3 is 6.03 Å². The summed E-state index contributed by atoms with van der Waals surface area (Å²) in [4.78, 5) is 11.8. The van der Waals surface area contributed by atoms with E-state index in [9.17, 15) is 14.3 Å². The molecule has 0 aliphatic heterocycles. The number of methoxy groups -OCH3 is 1. The van der Waals surface area contributed by atoms with E-state index in [-0.39, 0.29) is 11.6 Å². The predicted octanol–water partition coefficient (Wildman–Crippen LogP) is 3.34. The molecule has 0 fully saturated rings. The van der Waals surface area contributed by atoms with Crippen molar-refractivity contribution in [2.75, 3.05) is 19.0 Å². The molecule has 2 rings (SSSR count). The fourth-order valence-corrected chi connectivity index (χ4v) is 2.17. The monoisotopic (exact) mass is 338 g/mol. The largest absolute Gasteiger partial charge is 0.496 e. The van der Waals surface area contributed by atoms with E-state index in [1.54, 1.807) is 24.3 Å². The number of carbonyl (C=O) groups is 1. The first-order chi connectivity index (χ1) is 11.0. The van der Waals surface area contributed by atoms with E-state index in [4.69, 9.17) is 16.3 Å². The van der Waals surface area contributed by atoms with Gasteiger partial charge in [-0.2, -0.15) is 0 Å². The molecule has 0 saturated heterocycles. The molecule has 7 heteroatoms. The van der Waals surface area contributed by atoms with Crippen molar-refractivity contribution in [3.63, 3.8) is 0 Å². The minimum Gasteiger partial charge on any atom is -0.496 e. The second-order valence-electron chi connectivity index (χ2n) is 4.72. The summed E-state index contributed by atoms with van der Waals surface area (Å²) in [6, 6.07) is 10.3. The maximum absolute atomic E-state index is 13.0. The first-order valence-corrected chi connectivity index (χ1v) is 7.20. The summed E-state index contributed by atoms with van der Waals surface area (Å²) < 4.78 is 18.2. The van der Waals surface area contributed by atoms with Crippen LogP contribution in [0.1, 0.15) is 11.7 Å². The Morgan fingerprint density at radius 3 is 2.78 bits per heavy atom. The molecule has 23 heavy (non-hydrogen) atoms. The number of nitrogens with one attached hydrogen (secondary N) is 2. The Morgan fingerprint density at radius 2 is 2.09 bits per heavy atom. The van der Waals surface area contributed by atoms with Crippen LogP contribution in [0.3, 0.4) is 0 Å². The maximum atomic E-state index is 13.0. The fourth-order valence-electron chi connectivity index (χ4n) is 1.99. The van der Waals surface area contributed by atoms with E-state index in [0.29, 0.717) is 17.0 Å². The molecule has 0 aromatic heterocycles. The van der Waals surface area contributed by atoms with E-state index in [0.717, 1.165) is 6.07 Å². The smallest absolute Gasteiger partial charge is 0.319 e. The van der Waals surface area contributed by atoms with Crippen LogP contribution in [0.4, 0.5) is 14.9 Å². The SMILES string of the molecule is COc1ccccc1[C@H](O)CNC(=O)Nc1ccc(F)c(Cl)c1. The molecule has 1 atom stereocenters. The molecule has 0 aliphatic rings. The molecule has 0 aliphatic carbocycles. The van der Waals surface area contributed by atoms with Crippen LogP contribution in [0, 0.1) is 5.82 Å². The Labute approximate surface area is 138 Å². The summed E-state index contributed by atoms with van der Waals surface area (Å²) in [6.45, 7) is -0.0128. The third-order valence-corrected chi connectivity index (χ3v) is 3.42. The maximum Gasteiger partial charge on any atom is 0.319 e. The molecule has 3 N–H and O–H groups in total. The van der Waals surface area contributed by atoms with Gasteiger partial charge in [0.15, 0.2) is 0 Å². The summed E-state index contributed by atoms with van der Waals surface area (Å²) in [5.74, 6) is -0.0308. The van der Waals surface area contributed by atoms with Gasteiger partial charge in [0.1, 0.15) is 11.6 Å². The number of benzene rings is 2. The molecular formula is C16H16ClFN2O3. The summed E-state index contributed by atoms with van der Waals surface area (Å²) >= 11 is 5.64. The highest BCUT2D eigenvalue weighted by atomic mass is 35.5. The molecular weight excluding hydrogens is 323 g/mol. The lowest BCUT2D eigenvalue weighted by molar-refractivity contribution is 0.171. The van der Waals surface area contributed by atoms with Gasteiger partial charge in [-0.15, -0.1) is 0 Å². The van der Waals surface area contributed by atoms with Crippen molar-refractivity contribution in [1.29, 1.82) is 0 Å². The molecule has 0 bridgehead atoms. The van der Waals surface area contributed by atoms with Gasteiger partial charge in [-0.05, 0) is 24.3 Å². The first-order valence-electron chi connectivity index (χ1n) is 6.82. The van der Waals surface area contributed by atoms with Crippen LogP contribution in [-0.4, -0.2) is 24.8 Å². The van der Waals surface area contributed by atoms with Gasteiger partial charge in [0.2, 0.25) is 0 Å². The minimum atomic E-state index is -0.922. The number of para-hydroxylation sites is 1. The molecule has 0 radical (unpaired) electrons. The van der Waals surface area contributed by atoms with E-state index >= 15 is 0 Å². The zero-order valence-corrected chi connectivity index (χ0v) is 13.1. The number of aliphatic hydroxyl groups is 1. The van der Waals surface area contributed by atoms with Gasteiger partial charge < -0.3 is 20.5 Å². The molecule has 0 saturated carbocycles. The topological polar surface area (TPSA) is 70.6 Å². The number of hydrogen-bond acceptors (Lipinski definition) is 3. The van der Waals surface area contributed by atoms with E-state index in [2.05, 4.69) is 10.6 Å². The fraction of sp³-hybridized carbons (Fsp3) is 0.188. The Hall–Kier alpha value is -2.31. The lowest BCUT2D eigenvalue weighted by Gasteiger charge is -2.15. The third kappa shape index (κ3) is 4.58. The molecule has 2 amide bonds. The van der Waals surface area contributed by atoms with Crippen LogP contribution in [0.25, 0.3) is 0 Å². The molecule has 2 aromatic rings. The zero-order chi connectivity index (χ0) is 16.8. The number of ether oxygens (including phenoxy) is 1. The molecule has 2 aromatic carbocycles. The Balaban J connectivity index is 1.92. The van der Waals surface area contributed by atoms with Crippen LogP contribution in [-0.2, 0) is 0 Å². The summed E-state index contributed by atoms with van der Waals surface area (Å²) in [6.07, 6.45) is -0.922. The van der Waals surface area contributed by atoms with Crippen molar-refractivity contribution in [1.82, 2.24) is 5.32 Å². The number of hydrogen-bond donors (Lipinski definition) is 3. The van der Waals surface area contributed by atoms with Crippen molar-refractivity contribution < 1.29 is 19.0 Å². The molecule has 0 unspecified atom stereocenters. The lowest BCUT2D eigenvalue weighted by atomic mass is 10.1. The average Bonchev–Trinajstić information content (AvgIpc) is 2.56.